The van der Waals surface area contributed by atoms with E-state index in [1.54, 1.807) is 0 Å². The first-order valence-corrected chi connectivity index (χ1v) is 5.22. The molecule has 0 rings (SSSR count). The highest BCUT2D eigenvalue weighted by atomic mass is 32.2. The number of unbranched alkanes of at least 4 members (excludes halogenated alkanes) is 1. The van der Waals surface area contributed by atoms with Crippen LogP contribution >= 0.6 is 11.8 Å². The molecule has 1 nitrogen and oxygen atoms in total. The Morgan fingerprint density at radius 1 is 1.40 bits per heavy atom. The first kappa shape index (κ1) is 10.3. The predicted molar refractivity (Wildman–Crippen MR) is 48.5 cm³/mol. The summed E-state index contributed by atoms with van der Waals surface area (Å²) in [5.41, 5.74) is 0. The summed E-state index contributed by atoms with van der Waals surface area (Å²) in [5.74, 6) is 2.03. The number of thioether (sulfide) groups is 1. The molecule has 0 aliphatic heterocycles. The standard InChI is InChI=1S/C8H18OS/c1-3-5-6-8(9)7-10-4-2/h8-9H,3-7H2,1-2H3. The molecule has 0 aliphatic carbocycles. The van der Waals surface area contributed by atoms with E-state index in [2.05, 4.69) is 13.8 Å². The van der Waals surface area contributed by atoms with Crippen LogP contribution in [0.5, 0.6) is 0 Å². The number of hydrogen-bond acceptors (Lipinski definition) is 2. The third kappa shape index (κ3) is 6.43. The van der Waals surface area contributed by atoms with Gasteiger partial charge in [-0.05, 0) is 12.2 Å². The molecule has 1 unspecified atom stereocenters. The molecule has 0 spiro atoms. The van der Waals surface area contributed by atoms with Crippen LogP contribution in [-0.2, 0) is 0 Å². The lowest BCUT2D eigenvalue weighted by Crippen LogP contribution is -2.09. The van der Waals surface area contributed by atoms with E-state index in [1.165, 1.54) is 6.42 Å². The fourth-order valence-electron chi connectivity index (χ4n) is 0.777. The van der Waals surface area contributed by atoms with Gasteiger partial charge in [-0.25, -0.2) is 0 Å². The van der Waals surface area contributed by atoms with E-state index in [4.69, 9.17) is 0 Å². The first-order valence-electron chi connectivity index (χ1n) is 4.07. The van der Waals surface area contributed by atoms with Crippen molar-refractivity contribution >= 4 is 11.8 Å². The third-order valence-electron chi connectivity index (χ3n) is 1.41. The smallest absolute Gasteiger partial charge is 0.0630 e. The fraction of sp³-hybridized carbons (Fsp3) is 1.00. The molecule has 0 bridgehead atoms. The van der Waals surface area contributed by atoms with Crippen LogP contribution in [-0.4, -0.2) is 22.7 Å². The van der Waals surface area contributed by atoms with Gasteiger partial charge in [-0.2, -0.15) is 11.8 Å². The van der Waals surface area contributed by atoms with Crippen molar-refractivity contribution in [1.82, 2.24) is 0 Å². The number of aliphatic hydroxyl groups excluding tert-OH is 1. The van der Waals surface area contributed by atoms with Gasteiger partial charge in [-0.3, -0.25) is 0 Å². The number of hydrogen-bond donors (Lipinski definition) is 1. The summed E-state index contributed by atoms with van der Waals surface area (Å²) in [7, 11) is 0. The van der Waals surface area contributed by atoms with Crippen LogP contribution in [0.1, 0.15) is 33.1 Å². The minimum absolute atomic E-state index is 0.0649. The van der Waals surface area contributed by atoms with E-state index >= 15 is 0 Å². The maximum Gasteiger partial charge on any atom is 0.0630 e. The maximum atomic E-state index is 9.29. The maximum absolute atomic E-state index is 9.29. The van der Waals surface area contributed by atoms with E-state index in [-0.39, 0.29) is 6.10 Å². The van der Waals surface area contributed by atoms with Crippen LogP contribution < -0.4 is 0 Å². The van der Waals surface area contributed by atoms with E-state index < -0.39 is 0 Å². The molecule has 62 valence electrons. The highest BCUT2D eigenvalue weighted by Crippen LogP contribution is 2.07. The second-order valence-corrected chi connectivity index (χ2v) is 3.77. The summed E-state index contributed by atoms with van der Waals surface area (Å²) in [6, 6.07) is 0. The normalized spacial score (nSPS) is 13.5. The lowest BCUT2D eigenvalue weighted by molar-refractivity contribution is 0.186. The fourth-order valence-corrected chi connectivity index (χ4v) is 1.45. The molecule has 0 aromatic rings. The molecule has 0 saturated carbocycles. The molecule has 0 radical (unpaired) electrons. The summed E-state index contributed by atoms with van der Waals surface area (Å²) in [6.07, 6.45) is 3.26. The Morgan fingerprint density at radius 3 is 2.60 bits per heavy atom. The van der Waals surface area contributed by atoms with Gasteiger partial charge in [0.05, 0.1) is 6.10 Å². The molecular formula is C8H18OS. The van der Waals surface area contributed by atoms with E-state index in [1.807, 2.05) is 11.8 Å². The Kier molecular flexibility index (Phi) is 7.65. The van der Waals surface area contributed by atoms with Gasteiger partial charge >= 0.3 is 0 Å². The lowest BCUT2D eigenvalue weighted by Gasteiger charge is -2.07. The van der Waals surface area contributed by atoms with Crippen molar-refractivity contribution in [2.75, 3.05) is 11.5 Å². The van der Waals surface area contributed by atoms with Crippen LogP contribution in [0.4, 0.5) is 0 Å². The van der Waals surface area contributed by atoms with Crippen LogP contribution in [0.3, 0.4) is 0 Å². The van der Waals surface area contributed by atoms with Gasteiger partial charge in [0.15, 0.2) is 0 Å². The van der Waals surface area contributed by atoms with Crippen LogP contribution in [0.25, 0.3) is 0 Å². The second kappa shape index (κ2) is 7.42. The van der Waals surface area contributed by atoms with Crippen molar-refractivity contribution in [1.29, 1.82) is 0 Å². The topological polar surface area (TPSA) is 20.2 Å². The summed E-state index contributed by atoms with van der Waals surface area (Å²) in [6.45, 7) is 4.27. The molecule has 0 heterocycles. The predicted octanol–water partition coefficient (Wildman–Crippen LogP) is 2.29. The molecule has 0 aromatic heterocycles. The van der Waals surface area contributed by atoms with Crippen molar-refractivity contribution < 1.29 is 5.11 Å². The second-order valence-electron chi connectivity index (χ2n) is 2.46. The van der Waals surface area contributed by atoms with Gasteiger partial charge in [0.1, 0.15) is 0 Å². The first-order chi connectivity index (χ1) is 4.81. The van der Waals surface area contributed by atoms with Gasteiger partial charge in [0.25, 0.3) is 0 Å². The Balaban J connectivity index is 3.00. The molecule has 0 fully saturated rings. The van der Waals surface area contributed by atoms with Crippen LogP contribution in [0.15, 0.2) is 0 Å². The van der Waals surface area contributed by atoms with Crippen molar-refractivity contribution in [2.45, 2.75) is 39.2 Å². The monoisotopic (exact) mass is 162 g/mol. The van der Waals surface area contributed by atoms with Gasteiger partial charge in [0.2, 0.25) is 0 Å². The van der Waals surface area contributed by atoms with Gasteiger partial charge < -0.3 is 5.11 Å². The van der Waals surface area contributed by atoms with Gasteiger partial charge in [0, 0.05) is 5.75 Å². The molecule has 0 aliphatic rings. The van der Waals surface area contributed by atoms with Crippen molar-refractivity contribution in [3.63, 3.8) is 0 Å². The van der Waals surface area contributed by atoms with Gasteiger partial charge in [-0.15, -0.1) is 0 Å². The molecule has 0 aromatic carbocycles. The van der Waals surface area contributed by atoms with Crippen molar-refractivity contribution in [3.8, 4) is 0 Å². The summed E-state index contributed by atoms with van der Waals surface area (Å²) in [5, 5.41) is 9.29. The summed E-state index contributed by atoms with van der Waals surface area (Å²) >= 11 is 1.82. The highest BCUT2D eigenvalue weighted by molar-refractivity contribution is 7.99. The van der Waals surface area contributed by atoms with E-state index in [0.717, 1.165) is 24.3 Å². The summed E-state index contributed by atoms with van der Waals surface area (Å²) < 4.78 is 0. The average molecular weight is 162 g/mol. The highest BCUT2D eigenvalue weighted by Gasteiger charge is 2.00. The zero-order valence-electron chi connectivity index (χ0n) is 6.97. The largest absolute Gasteiger partial charge is 0.392 e. The SMILES string of the molecule is CCCCC(O)CSCC. The molecule has 0 amide bonds. The minimum atomic E-state index is -0.0649. The third-order valence-corrected chi connectivity index (χ3v) is 2.43. The zero-order chi connectivity index (χ0) is 7.82. The zero-order valence-corrected chi connectivity index (χ0v) is 7.78. The Morgan fingerprint density at radius 2 is 2.10 bits per heavy atom. The molecule has 1 atom stereocenters. The average Bonchev–Trinajstić information content (AvgIpc) is 1.97. The van der Waals surface area contributed by atoms with Crippen molar-refractivity contribution in [3.05, 3.63) is 0 Å². The van der Waals surface area contributed by atoms with Crippen LogP contribution in [0, 0.1) is 0 Å². The Labute approximate surface area is 68.2 Å². The number of aliphatic hydroxyl groups is 1. The van der Waals surface area contributed by atoms with Crippen molar-refractivity contribution in [2.24, 2.45) is 0 Å². The number of rotatable bonds is 6. The summed E-state index contributed by atoms with van der Waals surface area (Å²) in [4.78, 5) is 0. The molecule has 1 N–H and O–H groups in total. The molecule has 0 saturated heterocycles. The molecule has 10 heavy (non-hydrogen) atoms. The van der Waals surface area contributed by atoms with E-state index in [0.29, 0.717) is 0 Å². The Bertz CT molecular complexity index is 58.3. The van der Waals surface area contributed by atoms with E-state index in [9.17, 15) is 5.11 Å². The molecule has 2 heteroatoms. The van der Waals surface area contributed by atoms with Crippen LogP contribution in [0.2, 0.25) is 0 Å². The minimum Gasteiger partial charge on any atom is -0.392 e. The molecular weight excluding hydrogens is 144 g/mol. The Hall–Kier alpha value is 0.310. The van der Waals surface area contributed by atoms with Gasteiger partial charge in [-0.1, -0.05) is 26.7 Å². The lowest BCUT2D eigenvalue weighted by atomic mass is 10.2. The quantitative estimate of drug-likeness (QED) is 0.646.